The summed E-state index contributed by atoms with van der Waals surface area (Å²) in [7, 11) is 0. The number of aromatic nitrogens is 5. The van der Waals surface area contributed by atoms with E-state index in [4.69, 9.17) is 4.74 Å². The number of carbonyl (C=O) groups is 1. The van der Waals surface area contributed by atoms with Crippen LogP contribution < -0.4 is 0 Å². The Hall–Kier alpha value is -3.20. The molecule has 0 radical (unpaired) electrons. The molecule has 4 aromatic rings. The summed E-state index contributed by atoms with van der Waals surface area (Å²) in [5.41, 5.74) is 2.37. The highest BCUT2D eigenvalue weighted by molar-refractivity contribution is 9.10. The van der Waals surface area contributed by atoms with E-state index in [1.807, 2.05) is 0 Å². The molecule has 0 saturated heterocycles. The van der Waals surface area contributed by atoms with Crippen molar-refractivity contribution in [2.24, 2.45) is 0 Å². The van der Waals surface area contributed by atoms with Crippen LogP contribution in [0, 0.1) is 5.82 Å². The first kappa shape index (κ1) is 18.2. The van der Waals surface area contributed by atoms with E-state index in [9.17, 15) is 9.18 Å². The molecule has 7 nitrogen and oxygen atoms in total. The minimum absolute atomic E-state index is 0.121. The van der Waals surface area contributed by atoms with Crippen molar-refractivity contribution in [3.8, 4) is 22.5 Å². The summed E-state index contributed by atoms with van der Waals surface area (Å²) in [6, 6.07) is 7.88. The van der Waals surface area contributed by atoms with Gasteiger partial charge in [-0.05, 0) is 31.2 Å². The minimum atomic E-state index is -0.555. The molecule has 0 N–H and O–H groups in total. The molecule has 4 rings (SSSR count). The molecule has 3 aromatic heterocycles. The minimum Gasteiger partial charge on any atom is -0.461 e. The van der Waals surface area contributed by atoms with Crippen LogP contribution in [0.4, 0.5) is 4.39 Å². The molecule has 0 fully saturated rings. The van der Waals surface area contributed by atoms with Crippen molar-refractivity contribution in [1.82, 2.24) is 24.6 Å². The average Bonchev–Trinajstić information content (AvgIpc) is 3.11. The Balaban J connectivity index is 1.94. The van der Waals surface area contributed by atoms with Gasteiger partial charge in [0, 0.05) is 34.1 Å². The summed E-state index contributed by atoms with van der Waals surface area (Å²) in [6.45, 7) is 1.94. The van der Waals surface area contributed by atoms with E-state index in [0.29, 0.717) is 32.6 Å². The Labute approximate surface area is 167 Å². The second kappa shape index (κ2) is 7.43. The van der Waals surface area contributed by atoms with Gasteiger partial charge in [-0.2, -0.15) is 5.10 Å². The van der Waals surface area contributed by atoms with E-state index in [-0.39, 0.29) is 12.3 Å². The van der Waals surface area contributed by atoms with E-state index < -0.39 is 11.8 Å². The number of rotatable bonds is 4. The van der Waals surface area contributed by atoms with Crippen molar-refractivity contribution in [2.45, 2.75) is 6.92 Å². The zero-order valence-electron chi connectivity index (χ0n) is 14.6. The molecule has 0 aliphatic rings. The number of ether oxygens (including phenoxy) is 1. The van der Waals surface area contributed by atoms with Gasteiger partial charge in [-0.1, -0.05) is 15.9 Å². The lowest BCUT2D eigenvalue weighted by atomic mass is 10.1. The van der Waals surface area contributed by atoms with Gasteiger partial charge in [0.25, 0.3) is 0 Å². The Morgan fingerprint density at radius 3 is 2.71 bits per heavy atom. The zero-order chi connectivity index (χ0) is 19.7. The number of esters is 1. The molecule has 1 aromatic carbocycles. The third-order valence-electron chi connectivity index (χ3n) is 3.98. The SMILES string of the molecule is CCOC(=O)c1cc(-c2cncnc2)n2nc(-c3ccc(Br)cc3F)cc2n1. The van der Waals surface area contributed by atoms with Gasteiger partial charge in [-0.3, -0.25) is 0 Å². The Morgan fingerprint density at radius 1 is 1.21 bits per heavy atom. The lowest BCUT2D eigenvalue weighted by Gasteiger charge is -2.07. The van der Waals surface area contributed by atoms with E-state index >= 15 is 0 Å². The van der Waals surface area contributed by atoms with Crippen molar-refractivity contribution >= 4 is 27.5 Å². The number of fused-ring (bicyclic) bond motifs is 1. The fraction of sp³-hybridized carbons (Fsp3) is 0.105. The fourth-order valence-electron chi connectivity index (χ4n) is 2.75. The maximum absolute atomic E-state index is 14.4. The molecule has 0 aliphatic heterocycles. The standard InChI is InChI=1S/C19H13BrFN5O2/c1-2-28-19(27)16-6-17(11-8-22-10-23-9-11)26-18(24-16)7-15(25-26)13-4-3-12(20)5-14(13)21/h3-10H,2H2,1H3. The van der Waals surface area contributed by atoms with Crippen molar-refractivity contribution in [3.63, 3.8) is 0 Å². The van der Waals surface area contributed by atoms with E-state index in [2.05, 4.69) is 36.0 Å². The first-order valence-electron chi connectivity index (χ1n) is 8.35. The van der Waals surface area contributed by atoms with Crippen LogP contribution in [0.15, 0.2) is 53.5 Å². The van der Waals surface area contributed by atoms with Crippen LogP contribution >= 0.6 is 15.9 Å². The molecule has 28 heavy (non-hydrogen) atoms. The van der Waals surface area contributed by atoms with Gasteiger partial charge >= 0.3 is 5.97 Å². The maximum Gasteiger partial charge on any atom is 0.357 e. The molecule has 0 aliphatic carbocycles. The van der Waals surface area contributed by atoms with Gasteiger partial charge in [0.2, 0.25) is 0 Å². The topological polar surface area (TPSA) is 82.3 Å². The Kier molecular flexibility index (Phi) is 4.82. The summed E-state index contributed by atoms with van der Waals surface area (Å²) in [4.78, 5) is 24.6. The van der Waals surface area contributed by atoms with Crippen molar-refractivity contribution in [1.29, 1.82) is 0 Å². The highest BCUT2D eigenvalue weighted by atomic mass is 79.9. The molecule has 0 unspecified atom stereocenters. The molecule has 9 heteroatoms. The number of carbonyl (C=O) groups excluding carboxylic acids is 1. The molecule has 0 saturated carbocycles. The lowest BCUT2D eigenvalue weighted by Crippen LogP contribution is -2.09. The number of nitrogens with zero attached hydrogens (tertiary/aromatic N) is 5. The van der Waals surface area contributed by atoms with Crippen LogP contribution in [-0.2, 0) is 4.74 Å². The molecule has 0 amide bonds. The predicted octanol–water partition coefficient (Wildman–Crippen LogP) is 3.93. The van der Waals surface area contributed by atoms with Crippen LogP contribution in [0.5, 0.6) is 0 Å². The van der Waals surface area contributed by atoms with Crippen molar-refractivity contribution < 1.29 is 13.9 Å². The van der Waals surface area contributed by atoms with Gasteiger partial charge < -0.3 is 4.74 Å². The third kappa shape index (κ3) is 3.36. The summed E-state index contributed by atoms with van der Waals surface area (Å²) in [6.07, 6.45) is 4.59. The normalized spacial score (nSPS) is 11.0. The molecule has 0 spiro atoms. The fourth-order valence-corrected chi connectivity index (χ4v) is 3.08. The average molecular weight is 442 g/mol. The summed E-state index contributed by atoms with van der Waals surface area (Å²) in [5.74, 6) is -0.978. The number of hydrogen-bond donors (Lipinski definition) is 0. The van der Waals surface area contributed by atoms with Crippen molar-refractivity contribution in [3.05, 3.63) is 65.0 Å². The number of benzene rings is 1. The van der Waals surface area contributed by atoms with Gasteiger partial charge in [0.05, 0.1) is 18.0 Å². The zero-order valence-corrected chi connectivity index (χ0v) is 16.2. The van der Waals surface area contributed by atoms with Crippen LogP contribution in [0.25, 0.3) is 28.2 Å². The Morgan fingerprint density at radius 2 is 2.00 bits per heavy atom. The smallest absolute Gasteiger partial charge is 0.357 e. The highest BCUT2D eigenvalue weighted by Crippen LogP contribution is 2.28. The summed E-state index contributed by atoms with van der Waals surface area (Å²) >= 11 is 3.24. The second-order valence-corrected chi connectivity index (χ2v) is 6.71. The molecular formula is C19H13BrFN5O2. The predicted molar refractivity (Wildman–Crippen MR) is 103 cm³/mol. The Bertz CT molecular complexity index is 1180. The van der Waals surface area contributed by atoms with Crippen molar-refractivity contribution in [2.75, 3.05) is 6.61 Å². The van der Waals surface area contributed by atoms with Gasteiger partial charge in [0.1, 0.15) is 12.1 Å². The van der Waals surface area contributed by atoms with Crippen LogP contribution in [-0.4, -0.2) is 37.1 Å². The van der Waals surface area contributed by atoms with Crippen LogP contribution in [0.1, 0.15) is 17.4 Å². The second-order valence-electron chi connectivity index (χ2n) is 5.80. The van der Waals surface area contributed by atoms with E-state index in [1.165, 1.54) is 16.9 Å². The van der Waals surface area contributed by atoms with Gasteiger partial charge in [-0.15, -0.1) is 0 Å². The number of halogens is 2. The number of hydrogen-bond acceptors (Lipinski definition) is 6. The summed E-state index contributed by atoms with van der Waals surface area (Å²) in [5, 5.41) is 4.49. The van der Waals surface area contributed by atoms with Gasteiger partial charge in [-0.25, -0.2) is 28.7 Å². The molecular weight excluding hydrogens is 429 g/mol. The maximum atomic E-state index is 14.4. The summed E-state index contributed by atoms with van der Waals surface area (Å²) < 4.78 is 21.6. The third-order valence-corrected chi connectivity index (χ3v) is 4.47. The lowest BCUT2D eigenvalue weighted by molar-refractivity contribution is 0.0519. The van der Waals surface area contributed by atoms with E-state index in [0.717, 1.165) is 0 Å². The molecule has 140 valence electrons. The molecule has 3 heterocycles. The monoisotopic (exact) mass is 441 g/mol. The molecule has 0 bridgehead atoms. The van der Waals surface area contributed by atoms with E-state index in [1.54, 1.807) is 43.6 Å². The van der Waals surface area contributed by atoms with Crippen LogP contribution in [0.3, 0.4) is 0 Å². The highest BCUT2D eigenvalue weighted by Gasteiger charge is 2.18. The van der Waals surface area contributed by atoms with Crippen LogP contribution in [0.2, 0.25) is 0 Å². The first-order valence-corrected chi connectivity index (χ1v) is 9.15. The van der Waals surface area contributed by atoms with Gasteiger partial charge in [0.15, 0.2) is 11.3 Å². The quantitative estimate of drug-likeness (QED) is 0.446. The first-order chi connectivity index (χ1) is 13.6. The largest absolute Gasteiger partial charge is 0.461 e. The molecule has 0 atom stereocenters.